The number of sulfone groups is 1. The molecule has 6 nitrogen and oxygen atoms in total. The van der Waals surface area contributed by atoms with Crippen LogP contribution in [0.1, 0.15) is 43.0 Å². The van der Waals surface area contributed by atoms with Gasteiger partial charge in [-0.1, -0.05) is 42.5 Å². The summed E-state index contributed by atoms with van der Waals surface area (Å²) < 4.78 is 37.5. The Morgan fingerprint density at radius 1 is 0.914 bits per heavy atom. The molecule has 0 bridgehead atoms. The molecule has 1 unspecified atom stereocenters. The molecule has 1 aliphatic carbocycles. The van der Waals surface area contributed by atoms with E-state index in [0.29, 0.717) is 18.1 Å². The lowest BCUT2D eigenvalue weighted by Gasteiger charge is -2.27. The quantitative estimate of drug-likeness (QED) is 0.374. The zero-order chi connectivity index (χ0) is 23.8. The zero-order valence-corrected chi connectivity index (χ0v) is 20.2. The fraction of sp³-hybridized carbons (Fsp3) is 0.321. The van der Waals surface area contributed by atoms with Crippen LogP contribution >= 0.6 is 0 Å². The lowest BCUT2D eigenvalue weighted by molar-refractivity contribution is -0.0577. The van der Waals surface area contributed by atoms with Crippen LogP contribution in [0.5, 0.6) is 0 Å². The molecule has 0 amide bonds. The van der Waals surface area contributed by atoms with E-state index in [2.05, 4.69) is 34.2 Å². The molecule has 2 aromatic heterocycles. The maximum Gasteiger partial charge on any atom is 0.181 e. The van der Waals surface area contributed by atoms with Gasteiger partial charge >= 0.3 is 0 Å². The average Bonchev–Trinajstić information content (AvgIpc) is 3.68. The van der Waals surface area contributed by atoms with Crippen molar-refractivity contribution in [2.45, 2.75) is 48.0 Å². The highest BCUT2D eigenvalue weighted by Crippen LogP contribution is 2.36. The van der Waals surface area contributed by atoms with E-state index in [1.165, 1.54) is 0 Å². The van der Waals surface area contributed by atoms with Gasteiger partial charge in [0.2, 0.25) is 0 Å². The summed E-state index contributed by atoms with van der Waals surface area (Å²) in [5.41, 5.74) is 4.79. The molecule has 3 heterocycles. The molecule has 1 saturated carbocycles. The summed E-state index contributed by atoms with van der Waals surface area (Å²) >= 11 is 0. The Balaban J connectivity index is 1.35. The van der Waals surface area contributed by atoms with Gasteiger partial charge in [0.25, 0.3) is 0 Å². The number of H-pyrrole nitrogens is 1. The molecule has 2 aliphatic rings. The van der Waals surface area contributed by atoms with Crippen molar-refractivity contribution in [2.75, 3.05) is 13.2 Å². The molecule has 0 spiro atoms. The Bertz CT molecular complexity index is 1420. The van der Waals surface area contributed by atoms with Crippen molar-refractivity contribution >= 4 is 20.9 Å². The number of benzene rings is 2. The van der Waals surface area contributed by atoms with E-state index >= 15 is 0 Å². The largest absolute Gasteiger partial charge is 0.381 e. The summed E-state index contributed by atoms with van der Waals surface area (Å²) in [4.78, 5) is 8.50. The highest BCUT2D eigenvalue weighted by Gasteiger charge is 2.37. The molecule has 1 saturated heterocycles. The number of nitrogens with zero attached hydrogens (tertiary/aromatic N) is 1. The Kier molecular flexibility index (Phi) is 5.92. The number of nitrogens with one attached hydrogen (secondary N) is 1. The highest BCUT2D eigenvalue weighted by atomic mass is 32.2. The van der Waals surface area contributed by atoms with Crippen molar-refractivity contribution in [2.24, 2.45) is 0 Å². The van der Waals surface area contributed by atoms with Gasteiger partial charge in [0, 0.05) is 30.4 Å². The first-order chi connectivity index (χ1) is 17.1. The second-order valence-corrected chi connectivity index (χ2v) is 11.6. The number of aromatic amines is 1. The molecule has 180 valence electrons. The summed E-state index contributed by atoms with van der Waals surface area (Å²) in [7, 11) is -3.23. The molecule has 7 heteroatoms. The standard InChI is InChI=1S/C28H28N2O4S/c31-35(32,25-10-11-25)24-8-6-20(7-9-24)27(34-23-12-14-33-15-13-23)26-17-21-16-22(18-29-28(21)30-26)19-4-2-1-3-5-19/h1-9,16-18,23,25,27H,10-15H2,(H,29,30). The number of ether oxygens (including phenoxy) is 2. The van der Waals surface area contributed by atoms with Crippen LogP contribution < -0.4 is 0 Å². The minimum atomic E-state index is -3.23. The van der Waals surface area contributed by atoms with Gasteiger partial charge in [-0.3, -0.25) is 0 Å². The van der Waals surface area contributed by atoms with Gasteiger partial charge in [0.1, 0.15) is 11.8 Å². The fourth-order valence-electron chi connectivity index (χ4n) is 4.71. The van der Waals surface area contributed by atoms with Gasteiger partial charge in [-0.2, -0.15) is 0 Å². The van der Waals surface area contributed by atoms with Crippen LogP contribution in [0.25, 0.3) is 22.2 Å². The van der Waals surface area contributed by atoms with E-state index in [9.17, 15) is 8.42 Å². The molecule has 4 aromatic rings. The van der Waals surface area contributed by atoms with Gasteiger partial charge in [0.15, 0.2) is 9.84 Å². The Morgan fingerprint density at radius 2 is 1.66 bits per heavy atom. The summed E-state index contributed by atoms with van der Waals surface area (Å²) in [5.74, 6) is 0. The van der Waals surface area contributed by atoms with Gasteiger partial charge in [-0.05, 0) is 61.1 Å². The molecule has 2 aromatic carbocycles. The zero-order valence-electron chi connectivity index (χ0n) is 19.4. The van der Waals surface area contributed by atoms with Crippen molar-refractivity contribution in [3.63, 3.8) is 0 Å². The minimum absolute atomic E-state index is 0.0721. The van der Waals surface area contributed by atoms with Crippen molar-refractivity contribution < 1.29 is 17.9 Å². The number of hydrogen-bond acceptors (Lipinski definition) is 5. The Morgan fingerprint density at radius 3 is 2.37 bits per heavy atom. The minimum Gasteiger partial charge on any atom is -0.381 e. The molecule has 35 heavy (non-hydrogen) atoms. The van der Waals surface area contributed by atoms with E-state index in [1.807, 2.05) is 36.5 Å². The predicted molar refractivity (Wildman–Crippen MR) is 135 cm³/mol. The molecule has 2 fully saturated rings. The van der Waals surface area contributed by atoms with Crippen LogP contribution in [0.3, 0.4) is 0 Å². The molecule has 1 N–H and O–H groups in total. The van der Waals surface area contributed by atoms with Gasteiger partial charge < -0.3 is 14.5 Å². The van der Waals surface area contributed by atoms with Crippen molar-refractivity contribution in [3.05, 3.63) is 84.2 Å². The van der Waals surface area contributed by atoms with Crippen LogP contribution in [-0.2, 0) is 19.3 Å². The molecule has 6 rings (SSSR count). The normalized spacial score (nSPS) is 18.1. The molecule has 0 radical (unpaired) electrons. The van der Waals surface area contributed by atoms with E-state index in [1.54, 1.807) is 12.1 Å². The van der Waals surface area contributed by atoms with Crippen molar-refractivity contribution in [1.29, 1.82) is 0 Å². The van der Waals surface area contributed by atoms with Crippen LogP contribution in [0.15, 0.2) is 77.8 Å². The second-order valence-electron chi connectivity index (χ2n) is 9.39. The summed E-state index contributed by atoms with van der Waals surface area (Å²) in [6.07, 6.45) is 4.78. The Labute approximate surface area is 205 Å². The number of pyridine rings is 1. The smallest absolute Gasteiger partial charge is 0.181 e. The first-order valence-corrected chi connectivity index (χ1v) is 13.7. The third-order valence-electron chi connectivity index (χ3n) is 6.85. The van der Waals surface area contributed by atoms with E-state index < -0.39 is 9.84 Å². The summed E-state index contributed by atoms with van der Waals surface area (Å²) in [5, 5.41) is 0.788. The molecular formula is C28H28N2O4S. The SMILES string of the molecule is O=S(=O)(c1ccc(C(OC2CCOCC2)c2cc3cc(-c4ccccc4)cnc3[nH]2)cc1)C1CC1. The first-order valence-electron chi connectivity index (χ1n) is 12.2. The van der Waals surface area contributed by atoms with Crippen LogP contribution in [0.2, 0.25) is 0 Å². The molecule has 1 aliphatic heterocycles. The monoisotopic (exact) mass is 488 g/mol. The second kappa shape index (κ2) is 9.22. The number of aromatic nitrogens is 2. The maximum atomic E-state index is 12.7. The van der Waals surface area contributed by atoms with E-state index in [-0.39, 0.29) is 17.5 Å². The number of rotatable bonds is 7. The van der Waals surface area contributed by atoms with Crippen molar-refractivity contribution in [3.8, 4) is 11.1 Å². The third kappa shape index (κ3) is 4.63. The van der Waals surface area contributed by atoms with Gasteiger partial charge in [-0.15, -0.1) is 0 Å². The fourth-order valence-corrected chi connectivity index (χ4v) is 6.36. The Hall–Kier alpha value is -3.00. The van der Waals surface area contributed by atoms with Gasteiger partial charge in [0.05, 0.1) is 21.9 Å². The lowest BCUT2D eigenvalue weighted by Crippen LogP contribution is -2.25. The van der Waals surface area contributed by atoms with Crippen LogP contribution in [-0.4, -0.2) is 43.0 Å². The first kappa shape index (κ1) is 22.5. The number of fused-ring (bicyclic) bond motifs is 1. The molecular weight excluding hydrogens is 460 g/mol. The van der Waals surface area contributed by atoms with Crippen molar-refractivity contribution in [1.82, 2.24) is 9.97 Å². The van der Waals surface area contributed by atoms with Crippen LogP contribution in [0.4, 0.5) is 0 Å². The third-order valence-corrected chi connectivity index (χ3v) is 9.13. The topological polar surface area (TPSA) is 81.3 Å². The number of hydrogen-bond donors (Lipinski definition) is 1. The molecule has 1 atom stereocenters. The summed E-state index contributed by atoms with van der Waals surface area (Å²) in [6, 6.07) is 21.6. The average molecular weight is 489 g/mol. The lowest BCUT2D eigenvalue weighted by atomic mass is 10.0. The van der Waals surface area contributed by atoms with Gasteiger partial charge in [-0.25, -0.2) is 13.4 Å². The summed E-state index contributed by atoms with van der Waals surface area (Å²) in [6.45, 7) is 1.37. The van der Waals surface area contributed by atoms with E-state index in [0.717, 1.165) is 59.1 Å². The maximum absolute atomic E-state index is 12.7. The van der Waals surface area contributed by atoms with Crippen LogP contribution in [0, 0.1) is 0 Å². The predicted octanol–water partition coefficient (Wildman–Crippen LogP) is 5.45. The highest BCUT2D eigenvalue weighted by molar-refractivity contribution is 7.92. The van der Waals surface area contributed by atoms with E-state index in [4.69, 9.17) is 9.47 Å².